The van der Waals surface area contributed by atoms with Gasteiger partial charge in [-0.2, -0.15) is 4.31 Å². The first-order valence-corrected chi connectivity index (χ1v) is 10.4. The van der Waals surface area contributed by atoms with Crippen molar-refractivity contribution in [3.8, 4) is 0 Å². The number of carbonyl (C=O) groups excluding carboxylic acids is 1. The number of halogens is 3. The Morgan fingerprint density at radius 2 is 1.70 bits per heavy atom. The van der Waals surface area contributed by atoms with Crippen LogP contribution >= 0.6 is 34.8 Å². The SMILES string of the molecule is C=CCNC(=O)CN(Cc1ccc(Cl)cc1Cl)S(=O)(=O)c1ccc(Cl)cc1. The maximum atomic E-state index is 13.0. The van der Waals surface area contributed by atoms with Gasteiger partial charge in [-0.1, -0.05) is 46.9 Å². The fourth-order valence-corrected chi connectivity index (χ4v) is 4.19. The van der Waals surface area contributed by atoms with Crippen molar-refractivity contribution in [3.05, 3.63) is 75.8 Å². The van der Waals surface area contributed by atoms with E-state index in [4.69, 9.17) is 34.8 Å². The van der Waals surface area contributed by atoms with Gasteiger partial charge in [0.2, 0.25) is 15.9 Å². The lowest BCUT2D eigenvalue weighted by molar-refractivity contribution is -0.121. The Balaban J connectivity index is 2.37. The number of sulfonamides is 1. The summed E-state index contributed by atoms with van der Waals surface area (Å²) in [6.07, 6.45) is 1.51. The number of nitrogens with zero attached hydrogens (tertiary/aromatic N) is 1. The average molecular weight is 448 g/mol. The van der Waals surface area contributed by atoms with E-state index in [1.54, 1.807) is 12.1 Å². The second-order valence-electron chi connectivity index (χ2n) is 5.56. The van der Waals surface area contributed by atoms with Crippen LogP contribution in [-0.2, 0) is 21.4 Å². The van der Waals surface area contributed by atoms with Crippen molar-refractivity contribution in [3.63, 3.8) is 0 Å². The fourth-order valence-electron chi connectivity index (χ4n) is 2.22. The van der Waals surface area contributed by atoms with E-state index in [2.05, 4.69) is 11.9 Å². The zero-order chi connectivity index (χ0) is 20.0. The molecule has 2 aromatic rings. The van der Waals surface area contributed by atoms with Crippen LogP contribution in [0.3, 0.4) is 0 Å². The summed E-state index contributed by atoms with van der Waals surface area (Å²) >= 11 is 17.9. The molecule has 0 fully saturated rings. The van der Waals surface area contributed by atoms with E-state index >= 15 is 0 Å². The van der Waals surface area contributed by atoms with Gasteiger partial charge in [0.1, 0.15) is 0 Å². The molecule has 0 saturated heterocycles. The molecule has 0 bridgehead atoms. The molecule has 1 amide bonds. The van der Waals surface area contributed by atoms with Gasteiger partial charge in [-0.25, -0.2) is 8.42 Å². The average Bonchev–Trinajstić information content (AvgIpc) is 2.61. The van der Waals surface area contributed by atoms with E-state index < -0.39 is 15.9 Å². The van der Waals surface area contributed by atoms with Crippen molar-refractivity contribution in [1.29, 1.82) is 0 Å². The molecule has 27 heavy (non-hydrogen) atoms. The molecule has 0 aliphatic carbocycles. The normalized spacial score (nSPS) is 11.4. The Morgan fingerprint density at radius 1 is 1.07 bits per heavy atom. The zero-order valence-electron chi connectivity index (χ0n) is 14.2. The molecular weight excluding hydrogens is 431 g/mol. The van der Waals surface area contributed by atoms with Gasteiger partial charge in [0, 0.05) is 28.2 Å². The van der Waals surface area contributed by atoms with E-state index in [9.17, 15) is 13.2 Å². The fraction of sp³-hybridized carbons (Fsp3) is 0.167. The van der Waals surface area contributed by atoms with Crippen LogP contribution in [0.2, 0.25) is 15.1 Å². The minimum Gasteiger partial charge on any atom is -0.351 e. The summed E-state index contributed by atoms with van der Waals surface area (Å²) in [6, 6.07) is 10.5. The highest BCUT2D eigenvalue weighted by atomic mass is 35.5. The van der Waals surface area contributed by atoms with Crippen LogP contribution in [0.5, 0.6) is 0 Å². The number of hydrogen-bond donors (Lipinski definition) is 1. The van der Waals surface area contributed by atoms with Crippen molar-refractivity contribution in [2.24, 2.45) is 0 Å². The van der Waals surface area contributed by atoms with E-state index in [0.29, 0.717) is 20.6 Å². The van der Waals surface area contributed by atoms with Crippen molar-refractivity contribution in [2.45, 2.75) is 11.4 Å². The number of hydrogen-bond acceptors (Lipinski definition) is 3. The summed E-state index contributed by atoms with van der Waals surface area (Å²) in [5.41, 5.74) is 0.523. The quantitative estimate of drug-likeness (QED) is 0.619. The van der Waals surface area contributed by atoms with E-state index in [1.807, 2.05) is 0 Å². The minimum absolute atomic E-state index is 0.0218. The monoisotopic (exact) mass is 446 g/mol. The Hall–Kier alpha value is -1.57. The van der Waals surface area contributed by atoms with Gasteiger partial charge in [0.15, 0.2) is 0 Å². The summed E-state index contributed by atoms with van der Waals surface area (Å²) in [5.74, 6) is -0.461. The maximum absolute atomic E-state index is 13.0. The first kappa shape index (κ1) is 21.7. The van der Waals surface area contributed by atoms with Gasteiger partial charge in [0.25, 0.3) is 0 Å². The van der Waals surface area contributed by atoms with Gasteiger partial charge < -0.3 is 5.32 Å². The van der Waals surface area contributed by atoms with Crippen LogP contribution in [0.25, 0.3) is 0 Å². The lowest BCUT2D eigenvalue weighted by Crippen LogP contribution is -2.40. The number of nitrogens with one attached hydrogen (secondary N) is 1. The molecule has 0 atom stereocenters. The molecule has 2 aromatic carbocycles. The number of amides is 1. The molecule has 0 unspecified atom stereocenters. The third-order valence-corrected chi connectivity index (χ3v) is 6.22. The molecule has 0 heterocycles. The smallest absolute Gasteiger partial charge is 0.243 e. The molecular formula is C18H17Cl3N2O3S. The molecule has 0 spiro atoms. The molecule has 0 aromatic heterocycles. The van der Waals surface area contributed by atoms with Crippen molar-refractivity contribution in [1.82, 2.24) is 9.62 Å². The molecule has 144 valence electrons. The highest BCUT2D eigenvalue weighted by molar-refractivity contribution is 7.89. The topological polar surface area (TPSA) is 66.5 Å². The summed E-state index contributed by atoms with van der Waals surface area (Å²) < 4.78 is 27.1. The Bertz CT molecular complexity index is 931. The molecule has 5 nitrogen and oxygen atoms in total. The highest BCUT2D eigenvalue weighted by Gasteiger charge is 2.27. The van der Waals surface area contributed by atoms with Gasteiger partial charge >= 0.3 is 0 Å². The number of rotatable bonds is 8. The lowest BCUT2D eigenvalue weighted by atomic mass is 10.2. The second-order valence-corrected chi connectivity index (χ2v) is 8.77. The molecule has 0 aliphatic heterocycles. The van der Waals surface area contributed by atoms with Crippen LogP contribution in [0, 0.1) is 0 Å². The number of benzene rings is 2. The molecule has 0 radical (unpaired) electrons. The van der Waals surface area contributed by atoms with E-state index in [0.717, 1.165) is 4.31 Å². The Kier molecular flexibility index (Phi) is 7.70. The predicted molar refractivity (Wildman–Crippen MR) is 109 cm³/mol. The second kappa shape index (κ2) is 9.57. The molecule has 0 saturated carbocycles. The van der Waals surface area contributed by atoms with Gasteiger partial charge in [0.05, 0.1) is 11.4 Å². The van der Waals surface area contributed by atoms with Gasteiger partial charge in [-0.15, -0.1) is 6.58 Å². The standard InChI is InChI=1S/C18H17Cl3N2O3S/c1-2-9-22-18(24)12-23(11-13-3-4-15(20)10-17(13)21)27(25,26)16-7-5-14(19)6-8-16/h2-8,10H,1,9,11-12H2,(H,22,24). The van der Waals surface area contributed by atoms with E-state index in [-0.39, 0.29) is 24.5 Å². The van der Waals surface area contributed by atoms with Crippen LogP contribution in [0.4, 0.5) is 0 Å². The summed E-state index contributed by atoms with van der Waals surface area (Å²) in [5, 5.41) is 3.71. The van der Waals surface area contributed by atoms with Crippen LogP contribution in [-0.4, -0.2) is 31.7 Å². The van der Waals surface area contributed by atoms with Crippen LogP contribution in [0.15, 0.2) is 60.0 Å². The van der Waals surface area contributed by atoms with Gasteiger partial charge in [-0.05, 0) is 42.0 Å². The van der Waals surface area contributed by atoms with Crippen LogP contribution < -0.4 is 5.32 Å². The van der Waals surface area contributed by atoms with Crippen LogP contribution in [0.1, 0.15) is 5.56 Å². The van der Waals surface area contributed by atoms with E-state index in [1.165, 1.54) is 36.4 Å². The zero-order valence-corrected chi connectivity index (χ0v) is 17.2. The summed E-state index contributed by atoms with van der Waals surface area (Å²) in [4.78, 5) is 12.2. The Morgan fingerprint density at radius 3 is 2.30 bits per heavy atom. The highest BCUT2D eigenvalue weighted by Crippen LogP contribution is 2.25. The summed E-state index contributed by atoms with van der Waals surface area (Å²) in [6.45, 7) is 3.27. The largest absolute Gasteiger partial charge is 0.351 e. The third-order valence-electron chi connectivity index (χ3n) is 3.58. The predicted octanol–water partition coefficient (Wildman–Crippen LogP) is 4.14. The third kappa shape index (κ3) is 5.96. The molecule has 1 N–H and O–H groups in total. The first-order valence-electron chi connectivity index (χ1n) is 7.81. The molecule has 9 heteroatoms. The lowest BCUT2D eigenvalue weighted by Gasteiger charge is -2.22. The van der Waals surface area contributed by atoms with Crippen molar-refractivity contribution < 1.29 is 13.2 Å². The minimum atomic E-state index is -3.97. The van der Waals surface area contributed by atoms with Crippen molar-refractivity contribution >= 4 is 50.7 Å². The number of carbonyl (C=O) groups is 1. The Labute approximate surface area is 173 Å². The maximum Gasteiger partial charge on any atom is 0.243 e. The summed E-state index contributed by atoms with van der Waals surface area (Å²) in [7, 11) is -3.97. The van der Waals surface area contributed by atoms with Gasteiger partial charge in [-0.3, -0.25) is 4.79 Å². The first-order chi connectivity index (χ1) is 12.7. The van der Waals surface area contributed by atoms with Crippen molar-refractivity contribution in [2.75, 3.05) is 13.1 Å². The molecule has 2 rings (SSSR count). The molecule has 0 aliphatic rings.